The fourth-order valence-corrected chi connectivity index (χ4v) is 8.81. The van der Waals surface area contributed by atoms with E-state index in [2.05, 4.69) is 3.63 Å². The van der Waals surface area contributed by atoms with Gasteiger partial charge in [-0.2, -0.15) is 39.5 Å². The van der Waals surface area contributed by atoms with Gasteiger partial charge < -0.3 is 0 Å². The first-order valence-corrected chi connectivity index (χ1v) is 13.5. The summed E-state index contributed by atoms with van der Waals surface area (Å²) in [6.45, 7) is 3.27. The fraction of sp³-hybridized carbons (Fsp3) is 0.250. The lowest BCUT2D eigenvalue weighted by molar-refractivity contribution is -0.382. The zero-order valence-corrected chi connectivity index (χ0v) is 21.1. The predicted octanol–water partition coefficient (Wildman–Crippen LogP) is 8.35. The molecule has 0 amide bonds. The first-order chi connectivity index (χ1) is 17.3. The molecule has 3 nitrogen and oxygen atoms in total. The second kappa shape index (κ2) is 9.79. The monoisotopic (exact) mass is 591 g/mol. The molecule has 0 bridgehead atoms. The standard InChI is InChI=1S/C24H19F9O3S2/c1-16-8-12-19(13-9-16)37(18-6-4-3-5-7-18,20-14-10-17(2)11-15-20)36-38(34,35)24(32,33)22(27,28)21(25,26)23(29,30)31/h3-15H,1-2H3/p+1. The quantitative estimate of drug-likeness (QED) is 0.150. The maximum absolute atomic E-state index is 14.8. The molecule has 14 heteroatoms. The van der Waals surface area contributed by atoms with Gasteiger partial charge in [0.2, 0.25) is 0 Å². The fourth-order valence-electron chi connectivity index (χ4n) is 3.34. The van der Waals surface area contributed by atoms with Crippen LogP contribution in [-0.4, -0.2) is 35.3 Å². The minimum atomic E-state index is -7.40. The van der Waals surface area contributed by atoms with Crippen LogP contribution in [0.5, 0.6) is 0 Å². The molecule has 0 aromatic heterocycles. The van der Waals surface area contributed by atoms with Gasteiger partial charge in [0.15, 0.2) is 0 Å². The second-order valence-corrected chi connectivity index (χ2v) is 12.9. The number of hydrogen-bond acceptors (Lipinski definition) is 2. The van der Waals surface area contributed by atoms with Crippen molar-refractivity contribution in [3.05, 3.63) is 90.0 Å². The van der Waals surface area contributed by atoms with Gasteiger partial charge in [-0.05, 0) is 50.2 Å². The Morgan fingerprint density at radius 3 is 1.29 bits per heavy atom. The van der Waals surface area contributed by atoms with Crippen LogP contribution in [0.1, 0.15) is 11.1 Å². The van der Waals surface area contributed by atoms with Crippen LogP contribution in [0.2, 0.25) is 0 Å². The summed E-state index contributed by atoms with van der Waals surface area (Å²) in [4.78, 5) is -0.246. The van der Waals surface area contributed by atoms with Gasteiger partial charge in [0, 0.05) is 0 Å². The first kappa shape index (κ1) is 29.8. The number of benzene rings is 3. The number of halogens is 9. The molecule has 38 heavy (non-hydrogen) atoms. The average molecular weight is 592 g/mol. The molecule has 0 aliphatic carbocycles. The molecule has 0 radical (unpaired) electrons. The van der Waals surface area contributed by atoms with Crippen molar-refractivity contribution in [2.45, 2.75) is 51.8 Å². The van der Waals surface area contributed by atoms with E-state index in [1.54, 1.807) is 13.8 Å². The minimum Gasteiger partial charge on any atom is -0.257 e. The Balaban J connectivity index is 2.36. The molecule has 0 aliphatic heterocycles. The Kier molecular flexibility index (Phi) is 7.69. The third-order valence-electron chi connectivity index (χ3n) is 5.46. The largest absolute Gasteiger partial charge is 0.486 e. The Bertz CT molecular complexity index is 1330. The lowest BCUT2D eigenvalue weighted by atomic mass is 10.1. The summed E-state index contributed by atoms with van der Waals surface area (Å²) in [7, 11) is -10.9. The van der Waals surface area contributed by atoms with Crippen molar-refractivity contribution in [2.75, 3.05) is 0 Å². The van der Waals surface area contributed by atoms with Crippen molar-refractivity contribution < 1.29 is 51.6 Å². The van der Waals surface area contributed by atoms with Crippen molar-refractivity contribution in [1.82, 2.24) is 0 Å². The summed E-state index contributed by atoms with van der Waals surface area (Å²) in [6, 6.07) is 17.7. The second-order valence-electron chi connectivity index (χ2n) is 8.23. The van der Waals surface area contributed by atoms with Crippen LogP contribution in [0.4, 0.5) is 39.5 Å². The minimum absolute atomic E-state index is 0.0802. The van der Waals surface area contributed by atoms with Crippen LogP contribution in [0.25, 0.3) is 0 Å². The van der Waals surface area contributed by atoms with Crippen LogP contribution in [0.15, 0.2) is 93.5 Å². The van der Waals surface area contributed by atoms with Gasteiger partial charge in [0.25, 0.3) is 0 Å². The Hall–Kier alpha value is -2.71. The molecular formula is C24H20F9O3S2+. The first-order valence-electron chi connectivity index (χ1n) is 10.5. The smallest absolute Gasteiger partial charge is 0.257 e. The molecule has 0 spiro atoms. The van der Waals surface area contributed by atoms with Crippen LogP contribution in [0.3, 0.4) is 0 Å². The van der Waals surface area contributed by atoms with E-state index in [-0.39, 0.29) is 14.7 Å². The van der Waals surface area contributed by atoms with E-state index in [1.165, 1.54) is 78.9 Å². The summed E-state index contributed by atoms with van der Waals surface area (Å²) in [5.41, 5.74) is 1.26. The van der Waals surface area contributed by atoms with Crippen molar-refractivity contribution in [1.29, 1.82) is 0 Å². The topological polar surface area (TPSA) is 46.9 Å². The van der Waals surface area contributed by atoms with Crippen molar-refractivity contribution >= 4 is 20.4 Å². The van der Waals surface area contributed by atoms with Crippen LogP contribution >= 0.6 is 10.3 Å². The summed E-state index contributed by atoms with van der Waals surface area (Å²) in [5, 5.41) is -6.96. The van der Waals surface area contributed by atoms with Crippen molar-refractivity contribution in [3.63, 3.8) is 0 Å². The molecule has 3 rings (SSSR count). The molecule has 0 heterocycles. The zero-order valence-electron chi connectivity index (χ0n) is 19.5. The molecule has 0 fully saturated rings. The summed E-state index contributed by atoms with van der Waals surface area (Å²) in [5.74, 6) is -14.8. The molecule has 0 saturated heterocycles. The SMILES string of the molecule is Cc1ccc(S([OH+]S(=O)(=O)C(F)(F)C(F)(F)C(F)(F)C(F)(F)F)(c2ccccc2)c2ccc(C)cc2)cc1. The van der Waals surface area contributed by atoms with Gasteiger partial charge in [0.05, 0.1) is 25.0 Å². The molecule has 0 saturated carbocycles. The van der Waals surface area contributed by atoms with E-state index in [9.17, 15) is 47.9 Å². The highest BCUT2D eigenvalue weighted by Crippen LogP contribution is 2.69. The van der Waals surface area contributed by atoms with E-state index in [0.29, 0.717) is 11.1 Å². The van der Waals surface area contributed by atoms with Crippen LogP contribution in [-0.2, 0) is 10.1 Å². The zero-order chi connectivity index (χ0) is 28.8. The summed E-state index contributed by atoms with van der Waals surface area (Å²) < 4.78 is 152. The number of aryl methyl sites for hydroxylation is 2. The molecule has 208 valence electrons. The lowest BCUT2D eigenvalue weighted by Gasteiger charge is -2.37. The van der Waals surface area contributed by atoms with Gasteiger partial charge in [-0.3, -0.25) is 3.63 Å². The van der Waals surface area contributed by atoms with Gasteiger partial charge in [-0.15, -0.1) is 8.42 Å². The van der Waals surface area contributed by atoms with E-state index in [4.69, 9.17) is 0 Å². The van der Waals surface area contributed by atoms with E-state index in [1.807, 2.05) is 0 Å². The highest BCUT2D eigenvalue weighted by Gasteiger charge is 2.88. The van der Waals surface area contributed by atoms with Gasteiger partial charge in [-0.1, -0.05) is 53.6 Å². The molecule has 0 unspecified atom stereocenters. The lowest BCUT2D eigenvalue weighted by Crippen LogP contribution is -2.63. The molecule has 3 aromatic carbocycles. The van der Waals surface area contributed by atoms with E-state index >= 15 is 0 Å². The van der Waals surface area contributed by atoms with Gasteiger partial charge in [-0.25, -0.2) is 0 Å². The van der Waals surface area contributed by atoms with Crippen LogP contribution < -0.4 is 0 Å². The molecule has 0 aliphatic rings. The molecule has 0 atom stereocenters. The Labute approximate surface area is 213 Å². The third kappa shape index (κ3) is 4.77. The Morgan fingerprint density at radius 2 is 0.921 bits per heavy atom. The predicted molar refractivity (Wildman–Crippen MR) is 124 cm³/mol. The molecular weight excluding hydrogens is 571 g/mol. The molecule has 1 N–H and O–H groups in total. The van der Waals surface area contributed by atoms with Crippen LogP contribution in [0, 0.1) is 13.8 Å². The number of alkyl halides is 9. The highest BCUT2D eigenvalue weighted by atomic mass is 32.3. The molecule has 3 aromatic rings. The number of rotatable bonds is 8. The normalized spacial score (nSPS) is 14.4. The van der Waals surface area contributed by atoms with Crippen molar-refractivity contribution in [3.8, 4) is 0 Å². The number of hydrogen-bond donors (Lipinski definition) is 0. The van der Waals surface area contributed by atoms with Gasteiger partial charge >= 0.3 is 33.4 Å². The maximum Gasteiger partial charge on any atom is 0.486 e. The highest BCUT2D eigenvalue weighted by molar-refractivity contribution is 8.32. The van der Waals surface area contributed by atoms with E-state index in [0.717, 1.165) is 0 Å². The Morgan fingerprint density at radius 1 is 0.553 bits per heavy atom. The van der Waals surface area contributed by atoms with E-state index < -0.39 is 43.7 Å². The average Bonchev–Trinajstić information content (AvgIpc) is 2.83. The summed E-state index contributed by atoms with van der Waals surface area (Å²) >= 11 is 0. The third-order valence-corrected chi connectivity index (χ3v) is 10.9. The summed E-state index contributed by atoms with van der Waals surface area (Å²) in [6.07, 6.45) is -7.19. The van der Waals surface area contributed by atoms with Crippen molar-refractivity contribution in [2.24, 2.45) is 0 Å². The maximum atomic E-state index is 14.8. The van der Waals surface area contributed by atoms with Gasteiger partial charge in [0.1, 0.15) is 0 Å².